The van der Waals surface area contributed by atoms with Crippen LogP contribution in [0.3, 0.4) is 0 Å². The van der Waals surface area contributed by atoms with Crippen molar-refractivity contribution in [2.45, 2.75) is 6.92 Å². The van der Waals surface area contributed by atoms with Gasteiger partial charge in [0.2, 0.25) is 0 Å². The van der Waals surface area contributed by atoms with Crippen molar-refractivity contribution in [2.24, 2.45) is 0 Å². The Morgan fingerprint density at radius 1 is 1.21 bits per heavy atom. The molecule has 1 heterocycles. The number of morpholine rings is 1. The topological polar surface area (TPSA) is 61.8 Å². The summed E-state index contributed by atoms with van der Waals surface area (Å²) in [5, 5.41) is 7.86. The lowest BCUT2D eigenvalue weighted by Crippen LogP contribution is -3.14. The smallest absolute Gasteiger partial charge is 0.189 e. The summed E-state index contributed by atoms with van der Waals surface area (Å²) in [6.07, 6.45) is 0. The van der Waals surface area contributed by atoms with Crippen LogP contribution in [0.25, 0.3) is 0 Å². The lowest BCUT2D eigenvalue weighted by atomic mass is 10.2. The molecule has 0 saturated carbocycles. The highest BCUT2D eigenvalue weighted by Crippen LogP contribution is 2.22. The van der Waals surface area contributed by atoms with Gasteiger partial charge in [-0.15, -0.1) is 0 Å². The van der Waals surface area contributed by atoms with Gasteiger partial charge in [0.25, 0.3) is 0 Å². The number of thiocarbonyl (C=S) groups is 2. The zero-order valence-electron chi connectivity index (χ0n) is 13.6. The van der Waals surface area contributed by atoms with Crippen molar-refractivity contribution in [1.29, 1.82) is 0 Å². The van der Waals surface area contributed by atoms with E-state index >= 15 is 0 Å². The zero-order chi connectivity index (χ0) is 17.4. The van der Waals surface area contributed by atoms with Gasteiger partial charge in [-0.3, -0.25) is 10.9 Å². The van der Waals surface area contributed by atoms with Gasteiger partial charge < -0.3 is 20.3 Å². The van der Waals surface area contributed by atoms with Crippen LogP contribution in [0.5, 0.6) is 0 Å². The Morgan fingerprint density at radius 2 is 1.92 bits per heavy atom. The quantitative estimate of drug-likeness (QED) is 0.374. The molecule has 1 fully saturated rings. The number of rotatable bonds is 4. The summed E-state index contributed by atoms with van der Waals surface area (Å²) in [5.41, 5.74) is 7.54. The fraction of sp³-hybridized carbons (Fsp3) is 0.467. The Labute approximate surface area is 158 Å². The number of hydrogen-bond donors (Lipinski definition) is 5. The van der Waals surface area contributed by atoms with E-state index < -0.39 is 0 Å². The van der Waals surface area contributed by atoms with Gasteiger partial charge in [-0.05, 0) is 49.1 Å². The largest absolute Gasteiger partial charge is 0.370 e. The highest BCUT2D eigenvalue weighted by atomic mass is 35.5. The van der Waals surface area contributed by atoms with Crippen LogP contribution in [-0.4, -0.2) is 49.6 Å². The third-order valence-electron chi connectivity index (χ3n) is 3.77. The average molecular weight is 389 g/mol. The fourth-order valence-electron chi connectivity index (χ4n) is 2.32. The van der Waals surface area contributed by atoms with Gasteiger partial charge in [-0.1, -0.05) is 17.7 Å². The Hall–Kier alpha value is -1.19. The number of hydrazine groups is 1. The summed E-state index contributed by atoms with van der Waals surface area (Å²) in [6, 6.07) is 5.62. The van der Waals surface area contributed by atoms with E-state index in [1.807, 2.05) is 25.1 Å². The first-order valence-corrected chi connectivity index (χ1v) is 9.03. The summed E-state index contributed by atoms with van der Waals surface area (Å²) in [5.74, 6) is 0. The minimum absolute atomic E-state index is 0.420. The Kier molecular flexibility index (Phi) is 7.93. The molecule has 1 aliphatic rings. The normalized spacial score (nSPS) is 14.8. The lowest BCUT2D eigenvalue weighted by Gasteiger charge is -2.24. The second-order valence-corrected chi connectivity index (χ2v) is 6.71. The summed E-state index contributed by atoms with van der Waals surface area (Å²) < 4.78 is 5.34. The molecule has 1 aromatic rings. The molecule has 6 nitrogen and oxygen atoms in total. The van der Waals surface area contributed by atoms with Gasteiger partial charge in [0.05, 0.1) is 26.3 Å². The van der Waals surface area contributed by atoms with E-state index in [2.05, 4.69) is 21.5 Å². The Balaban J connectivity index is 1.63. The van der Waals surface area contributed by atoms with Crippen LogP contribution in [0.4, 0.5) is 5.69 Å². The molecule has 0 amide bonds. The first kappa shape index (κ1) is 19.1. The SMILES string of the molecule is Cc1c(Cl)cccc1NC(=S)NNC(=S)NCC[NH+]1CCOCC1. The molecule has 0 radical (unpaired) electrons. The van der Waals surface area contributed by atoms with E-state index in [4.69, 9.17) is 40.8 Å². The van der Waals surface area contributed by atoms with Gasteiger partial charge in [0.1, 0.15) is 13.1 Å². The van der Waals surface area contributed by atoms with Crippen molar-refractivity contribution in [3.63, 3.8) is 0 Å². The summed E-state index contributed by atoms with van der Waals surface area (Å²) >= 11 is 16.5. The molecule has 1 saturated heterocycles. The number of ether oxygens (including phenoxy) is 1. The minimum Gasteiger partial charge on any atom is -0.370 e. The van der Waals surface area contributed by atoms with E-state index in [0.717, 1.165) is 50.6 Å². The highest BCUT2D eigenvalue weighted by molar-refractivity contribution is 7.80. The molecule has 5 N–H and O–H groups in total. The third kappa shape index (κ3) is 6.37. The van der Waals surface area contributed by atoms with E-state index in [0.29, 0.717) is 15.2 Å². The maximum Gasteiger partial charge on any atom is 0.189 e. The monoisotopic (exact) mass is 388 g/mol. The molecule has 0 aliphatic carbocycles. The molecule has 0 bridgehead atoms. The van der Waals surface area contributed by atoms with Crippen LogP contribution >= 0.6 is 36.0 Å². The van der Waals surface area contributed by atoms with E-state index in [-0.39, 0.29) is 0 Å². The zero-order valence-corrected chi connectivity index (χ0v) is 16.0. The number of halogens is 1. The third-order valence-corrected chi connectivity index (χ3v) is 4.63. The summed E-state index contributed by atoms with van der Waals surface area (Å²) in [7, 11) is 0. The first-order valence-electron chi connectivity index (χ1n) is 7.83. The second kappa shape index (κ2) is 9.95. The van der Waals surface area contributed by atoms with Gasteiger partial charge in [-0.2, -0.15) is 0 Å². The van der Waals surface area contributed by atoms with Crippen molar-refractivity contribution in [1.82, 2.24) is 16.2 Å². The summed E-state index contributed by atoms with van der Waals surface area (Å²) in [4.78, 5) is 1.53. The van der Waals surface area contributed by atoms with Crippen LogP contribution in [-0.2, 0) is 4.74 Å². The minimum atomic E-state index is 0.420. The maximum absolute atomic E-state index is 6.09. The predicted octanol–water partition coefficient (Wildman–Crippen LogP) is 0.229. The van der Waals surface area contributed by atoms with Crippen LogP contribution < -0.4 is 26.4 Å². The molecular weight excluding hydrogens is 366 g/mol. The van der Waals surface area contributed by atoms with Crippen molar-refractivity contribution in [3.8, 4) is 0 Å². The molecule has 0 aromatic heterocycles. The van der Waals surface area contributed by atoms with Gasteiger partial charge in [-0.25, -0.2) is 0 Å². The van der Waals surface area contributed by atoms with Crippen molar-refractivity contribution in [3.05, 3.63) is 28.8 Å². The highest BCUT2D eigenvalue weighted by Gasteiger charge is 2.12. The molecular formula is C15H23ClN5OS2+. The standard InChI is InChI=1S/C15H22ClN5OS2/c1-11-12(16)3-2-4-13(11)18-15(24)20-19-14(23)17-5-6-21-7-9-22-10-8-21/h2-4H,5-10H2,1H3,(H2,17,19,23)(H2,18,20,24)/p+1. The molecule has 1 aliphatic heterocycles. The molecule has 24 heavy (non-hydrogen) atoms. The number of nitrogens with one attached hydrogen (secondary N) is 5. The average Bonchev–Trinajstić information content (AvgIpc) is 2.58. The van der Waals surface area contributed by atoms with Crippen molar-refractivity contribution < 1.29 is 9.64 Å². The summed E-state index contributed by atoms with van der Waals surface area (Å²) in [6.45, 7) is 7.51. The van der Waals surface area contributed by atoms with Gasteiger partial charge in [0, 0.05) is 10.7 Å². The number of quaternary nitrogens is 1. The van der Waals surface area contributed by atoms with Crippen LogP contribution in [0.2, 0.25) is 5.02 Å². The van der Waals surface area contributed by atoms with E-state index in [1.165, 1.54) is 4.90 Å². The molecule has 0 unspecified atom stereocenters. The first-order chi connectivity index (χ1) is 11.6. The van der Waals surface area contributed by atoms with Crippen molar-refractivity contribution >= 4 is 51.9 Å². The fourth-order valence-corrected chi connectivity index (χ4v) is 2.81. The van der Waals surface area contributed by atoms with Crippen LogP contribution in [0.1, 0.15) is 5.56 Å². The maximum atomic E-state index is 6.09. The molecule has 0 atom stereocenters. The van der Waals surface area contributed by atoms with Crippen molar-refractivity contribution in [2.75, 3.05) is 44.7 Å². The predicted molar refractivity (Wildman–Crippen MR) is 106 cm³/mol. The van der Waals surface area contributed by atoms with Crippen LogP contribution in [0, 0.1) is 6.92 Å². The van der Waals surface area contributed by atoms with Crippen LogP contribution in [0.15, 0.2) is 18.2 Å². The molecule has 0 spiro atoms. The Morgan fingerprint density at radius 3 is 2.67 bits per heavy atom. The molecule has 1 aromatic carbocycles. The molecule has 9 heteroatoms. The molecule has 132 valence electrons. The van der Waals surface area contributed by atoms with Gasteiger partial charge >= 0.3 is 0 Å². The van der Waals surface area contributed by atoms with E-state index in [9.17, 15) is 0 Å². The van der Waals surface area contributed by atoms with E-state index in [1.54, 1.807) is 0 Å². The molecule has 2 rings (SSSR count). The van der Waals surface area contributed by atoms with Gasteiger partial charge in [0.15, 0.2) is 10.2 Å². The Bertz CT molecular complexity index is 581. The lowest BCUT2D eigenvalue weighted by molar-refractivity contribution is -0.906. The number of hydrogen-bond acceptors (Lipinski definition) is 3. The second-order valence-electron chi connectivity index (χ2n) is 5.48. The number of benzene rings is 1. The number of anilines is 1.